The Hall–Kier alpha value is -3.15. The molecule has 0 saturated carbocycles. The van der Waals surface area contributed by atoms with Crippen molar-refractivity contribution in [2.45, 2.75) is 0 Å². The van der Waals surface area contributed by atoms with Crippen LogP contribution in [0.5, 0.6) is 5.75 Å². The summed E-state index contributed by atoms with van der Waals surface area (Å²) < 4.78 is 18.4. The summed E-state index contributed by atoms with van der Waals surface area (Å²) in [6.07, 6.45) is 3.65. The molecule has 1 amide bonds. The van der Waals surface area contributed by atoms with Crippen LogP contribution in [0.1, 0.15) is 21.6 Å². The zero-order valence-electron chi connectivity index (χ0n) is 13.3. The Morgan fingerprint density at radius 1 is 1.21 bits per heavy atom. The molecule has 3 aromatic rings. The van der Waals surface area contributed by atoms with Crippen molar-refractivity contribution in [3.05, 3.63) is 59.0 Å². The molecule has 5 nitrogen and oxygen atoms in total. The van der Waals surface area contributed by atoms with Gasteiger partial charge in [0.1, 0.15) is 11.6 Å². The summed E-state index contributed by atoms with van der Waals surface area (Å²) in [7, 11) is 3.08. The van der Waals surface area contributed by atoms with Gasteiger partial charge < -0.3 is 10.1 Å². The molecule has 0 bridgehead atoms. The number of halogens is 1. The molecule has 6 heteroatoms. The van der Waals surface area contributed by atoms with Crippen LogP contribution in [0, 0.1) is 5.82 Å². The smallest absolute Gasteiger partial charge is 0.254 e. The fourth-order valence-electron chi connectivity index (χ4n) is 2.50. The quantitative estimate of drug-likeness (QED) is 0.774. The zero-order valence-corrected chi connectivity index (χ0v) is 13.3. The molecular formula is C18H16FN3O2. The van der Waals surface area contributed by atoms with E-state index in [-0.39, 0.29) is 11.7 Å². The number of carbonyl (C=O) groups is 1. The van der Waals surface area contributed by atoms with E-state index in [0.717, 1.165) is 10.9 Å². The lowest BCUT2D eigenvalue weighted by Gasteiger charge is -2.08. The van der Waals surface area contributed by atoms with Crippen molar-refractivity contribution in [2.24, 2.45) is 0 Å². The van der Waals surface area contributed by atoms with Crippen LogP contribution >= 0.6 is 0 Å². The van der Waals surface area contributed by atoms with Crippen LogP contribution in [-0.4, -0.2) is 30.3 Å². The Labute approximate surface area is 138 Å². The molecule has 3 rings (SSSR count). The van der Waals surface area contributed by atoms with E-state index in [4.69, 9.17) is 4.74 Å². The normalized spacial score (nSPS) is 11.1. The van der Waals surface area contributed by atoms with Gasteiger partial charge in [-0.15, -0.1) is 0 Å². The summed E-state index contributed by atoms with van der Waals surface area (Å²) in [5.74, 6) is -0.0567. The number of methoxy groups -OCH3 is 1. The lowest BCUT2D eigenvalue weighted by atomic mass is 10.1. The first-order valence-corrected chi connectivity index (χ1v) is 7.35. The molecule has 0 unspecified atom stereocenters. The van der Waals surface area contributed by atoms with Crippen molar-refractivity contribution in [1.82, 2.24) is 15.5 Å². The van der Waals surface area contributed by atoms with Crippen molar-refractivity contribution >= 4 is 29.0 Å². The van der Waals surface area contributed by atoms with Gasteiger partial charge >= 0.3 is 0 Å². The highest BCUT2D eigenvalue weighted by atomic mass is 19.1. The number of hydrogen-bond donors (Lipinski definition) is 2. The number of amides is 1. The number of rotatable bonds is 4. The van der Waals surface area contributed by atoms with E-state index in [0.29, 0.717) is 22.5 Å². The number of H-pyrrole nitrogens is 1. The predicted octanol–water partition coefficient (Wildman–Crippen LogP) is 3.24. The number of fused-ring (bicyclic) bond motifs is 1. The maximum atomic E-state index is 13.0. The minimum atomic E-state index is -0.281. The molecule has 1 aromatic heterocycles. The molecule has 0 spiro atoms. The third kappa shape index (κ3) is 2.86. The van der Waals surface area contributed by atoms with Crippen LogP contribution in [0.3, 0.4) is 0 Å². The number of ether oxygens (including phenoxy) is 1. The summed E-state index contributed by atoms with van der Waals surface area (Å²) in [5.41, 5.74) is 2.68. The summed E-state index contributed by atoms with van der Waals surface area (Å²) in [6.45, 7) is 0. The Bertz CT molecular complexity index is 914. The topological polar surface area (TPSA) is 67.0 Å². The van der Waals surface area contributed by atoms with Gasteiger partial charge in [0, 0.05) is 7.05 Å². The number of nitrogens with zero attached hydrogens (tertiary/aromatic N) is 1. The molecule has 0 radical (unpaired) electrons. The largest absolute Gasteiger partial charge is 0.495 e. The molecule has 122 valence electrons. The third-order valence-corrected chi connectivity index (χ3v) is 3.69. The van der Waals surface area contributed by atoms with Crippen molar-refractivity contribution in [3.8, 4) is 5.75 Å². The van der Waals surface area contributed by atoms with E-state index >= 15 is 0 Å². The van der Waals surface area contributed by atoms with Crippen LogP contribution in [0.15, 0.2) is 36.4 Å². The van der Waals surface area contributed by atoms with Crippen molar-refractivity contribution < 1.29 is 13.9 Å². The minimum Gasteiger partial charge on any atom is -0.495 e. The van der Waals surface area contributed by atoms with Crippen molar-refractivity contribution in [1.29, 1.82) is 0 Å². The summed E-state index contributed by atoms with van der Waals surface area (Å²) >= 11 is 0. The Morgan fingerprint density at radius 3 is 2.62 bits per heavy atom. The first-order chi connectivity index (χ1) is 11.6. The average Bonchev–Trinajstić information content (AvgIpc) is 3.03. The Kier molecular flexibility index (Phi) is 4.29. The monoisotopic (exact) mass is 325 g/mol. The Morgan fingerprint density at radius 2 is 1.96 bits per heavy atom. The van der Waals surface area contributed by atoms with Crippen LogP contribution < -0.4 is 10.1 Å². The number of nitrogens with one attached hydrogen (secondary N) is 2. The molecule has 2 N–H and O–H groups in total. The van der Waals surface area contributed by atoms with E-state index in [1.165, 1.54) is 19.2 Å². The number of aromatic amines is 1. The summed E-state index contributed by atoms with van der Waals surface area (Å²) in [6, 6.07) is 9.58. The van der Waals surface area contributed by atoms with Crippen LogP contribution in [0.25, 0.3) is 23.1 Å². The molecule has 24 heavy (non-hydrogen) atoms. The minimum absolute atomic E-state index is 0.233. The van der Waals surface area contributed by atoms with Crippen LogP contribution in [-0.2, 0) is 0 Å². The molecule has 0 saturated heterocycles. The van der Waals surface area contributed by atoms with E-state index in [9.17, 15) is 9.18 Å². The van der Waals surface area contributed by atoms with E-state index in [1.54, 1.807) is 31.3 Å². The first-order valence-electron chi connectivity index (χ1n) is 7.35. The highest BCUT2D eigenvalue weighted by Crippen LogP contribution is 2.32. The van der Waals surface area contributed by atoms with E-state index < -0.39 is 0 Å². The van der Waals surface area contributed by atoms with Gasteiger partial charge in [-0.3, -0.25) is 9.89 Å². The van der Waals surface area contributed by atoms with E-state index in [1.807, 2.05) is 12.2 Å². The maximum Gasteiger partial charge on any atom is 0.254 e. The van der Waals surface area contributed by atoms with Gasteiger partial charge in [0.15, 0.2) is 0 Å². The maximum absolute atomic E-state index is 13.0. The molecule has 0 aliphatic heterocycles. The van der Waals surface area contributed by atoms with Gasteiger partial charge in [0.05, 0.1) is 29.3 Å². The van der Waals surface area contributed by atoms with Crippen LogP contribution in [0.2, 0.25) is 0 Å². The number of carbonyl (C=O) groups excluding carboxylic acids is 1. The fourth-order valence-corrected chi connectivity index (χ4v) is 2.50. The molecule has 0 fully saturated rings. The predicted molar refractivity (Wildman–Crippen MR) is 91.4 cm³/mol. The molecule has 0 aliphatic rings. The van der Waals surface area contributed by atoms with Gasteiger partial charge in [-0.05, 0) is 35.9 Å². The van der Waals surface area contributed by atoms with Crippen LogP contribution in [0.4, 0.5) is 4.39 Å². The standard InChI is InChI=1S/C18H16FN3O2/c1-20-18(23)13-8-10-15-16(17(13)24-2)14(21-22-15)9-5-11-3-6-12(19)7-4-11/h3-10H,1-2H3,(H,20,23)(H,21,22)/b9-5+. The second-order valence-electron chi connectivity index (χ2n) is 5.14. The zero-order chi connectivity index (χ0) is 17.1. The van der Waals surface area contributed by atoms with Crippen molar-refractivity contribution in [2.75, 3.05) is 14.2 Å². The van der Waals surface area contributed by atoms with Gasteiger partial charge in [-0.2, -0.15) is 5.10 Å². The highest BCUT2D eigenvalue weighted by molar-refractivity contribution is 6.05. The average molecular weight is 325 g/mol. The van der Waals surface area contributed by atoms with Gasteiger partial charge in [0.2, 0.25) is 0 Å². The number of benzene rings is 2. The van der Waals surface area contributed by atoms with Gasteiger partial charge in [-0.25, -0.2) is 4.39 Å². The molecule has 0 atom stereocenters. The lowest BCUT2D eigenvalue weighted by Crippen LogP contribution is -2.18. The third-order valence-electron chi connectivity index (χ3n) is 3.69. The molecule has 2 aromatic carbocycles. The lowest BCUT2D eigenvalue weighted by molar-refractivity contribution is 0.0960. The summed E-state index contributed by atoms with van der Waals surface area (Å²) in [4.78, 5) is 12.0. The Balaban J connectivity index is 2.08. The van der Waals surface area contributed by atoms with Crippen molar-refractivity contribution in [3.63, 3.8) is 0 Å². The fraction of sp³-hybridized carbons (Fsp3) is 0.111. The SMILES string of the molecule is CNC(=O)c1ccc2n[nH]c(/C=C/c3ccc(F)cc3)c2c1OC. The van der Waals surface area contributed by atoms with Gasteiger partial charge in [0.25, 0.3) is 5.91 Å². The number of hydrogen-bond acceptors (Lipinski definition) is 3. The summed E-state index contributed by atoms with van der Waals surface area (Å²) in [5, 5.41) is 10.5. The molecule has 1 heterocycles. The van der Waals surface area contributed by atoms with Gasteiger partial charge in [-0.1, -0.05) is 18.2 Å². The first kappa shape index (κ1) is 15.7. The van der Waals surface area contributed by atoms with E-state index in [2.05, 4.69) is 15.5 Å². The molecule has 0 aliphatic carbocycles. The molecular weight excluding hydrogens is 309 g/mol. The highest BCUT2D eigenvalue weighted by Gasteiger charge is 2.17. The second kappa shape index (κ2) is 6.54. The number of aromatic nitrogens is 2. The second-order valence-corrected chi connectivity index (χ2v) is 5.14.